The summed E-state index contributed by atoms with van der Waals surface area (Å²) < 4.78 is 26.8. The van der Waals surface area contributed by atoms with Gasteiger partial charge < -0.3 is 19.3 Å². The predicted molar refractivity (Wildman–Crippen MR) is 216 cm³/mol. The van der Waals surface area contributed by atoms with Crippen molar-refractivity contribution in [1.29, 1.82) is 0 Å². The summed E-state index contributed by atoms with van der Waals surface area (Å²) in [7, 11) is -4.67. The van der Waals surface area contributed by atoms with Gasteiger partial charge in [-0.2, -0.15) is 0 Å². The highest BCUT2D eigenvalue weighted by molar-refractivity contribution is 7.46. The van der Waals surface area contributed by atoms with E-state index in [1.54, 1.807) is 6.26 Å². The van der Waals surface area contributed by atoms with Gasteiger partial charge in [0, 0.05) is 6.42 Å². The molecular weight excluding hydrogens is 659 g/mol. The van der Waals surface area contributed by atoms with E-state index in [4.69, 9.17) is 19.3 Å². The van der Waals surface area contributed by atoms with Gasteiger partial charge in [-0.1, -0.05) is 179 Å². The minimum absolute atomic E-state index is 0.00615. The zero-order valence-corrected chi connectivity index (χ0v) is 34.2. The van der Waals surface area contributed by atoms with E-state index in [-0.39, 0.29) is 19.0 Å². The molecular formula is C43H81O7P. The van der Waals surface area contributed by atoms with Crippen LogP contribution in [0.15, 0.2) is 36.6 Å². The van der Waals surface area contributed by atoms with Crippen LogP contribution in [0.3, 0.4) is 0 Å². The molecule has 0 aliphatic rings. The predicted octanol–water partition coefficient (Wildman–Crippen LogP) is 13.8. The molecule has 0 radical (unpaired) electrons. The van der Waals surface area contributed by atoms with E-state index < -0.39 is 20.5 Å². The number of esters is 1. The molecule has 0 bridgehead atoms. The Kier molecular flexibility index (Phi) is 38.7. The summed E-state index contributed by atoms with van der Waals surface area (Å²) in [5.41, 5.74) is 0. The van der Waals surface area contributed by atoms with Crippen molar-refractivity contribution in [3.63, 3.8) is 0 Å². The monoisotopic (exact) mass is 741 g/mol. The number of carbonyl (C=O) groups excluding carboxylic acids is 1. The molecule has 0 rings (SSSR count). The quantitative estimate of drug-likeness (QED) is 0.0212. The molecule has 0 aliphatic heterocycles. The average molecular weight is 741 g/mol. The molecule has 0 spiro atoms. The van der Waals surface area contributed by atoms with Crippen molar-refractivity contribution in [2.24, 2.45) is 0 Å². The van der Waals surface area contributed by atoms with Crippen LogP contribution < -0.4 is 0 Å². The number of allylic oxidation sites excluding steroid dienone is 5. The lowest BCUT2D eigenvalue weighted by atomic mass is 10.0. The van der Waals surface area contributed by atoms with Gasteiger partial charge in [-0.3, -0.25) is 9.32 Å². The van der Waals surface area contributed by atoms with Crippen molar-refractivity contribution < 1.29 is 33.1 Å². The van der Waals surface area contributed by atoms with Crippen molar-refractivity contribution in [2.45, 2.75) is 219 Å². The lowest BCUT2D eigenvalue weighted by Crippen LogP contribution is -2.27. The maximum Gasteiger partial charge on any atom is 0.469 e. The van der Waals surface area contributed by atoms with Crippen LogP contribution in [-0.2, 0) is 23.4 Å². The number of ether oxygens (including phenoxy) is 2. The molecule has 300 valence electrons. The number of phosphoric ester groups is 1. The standard InChI is InChI=1S/C43H81O7P/c1-3-5-7-9-11-13-15-17-19-21-22-23-24-26-28-30-32-34-36-38-43(44)50-42(41-49-51(45,46)47)40-48-39-37-35-33-31-29-27-25-20-18-16-14-12-10-8-6-4-2/h11,13,17,19,37,39,42H,3-10,12,14-16,18,20-36,38,40-41H2,1-2H3,(H2,45,46,47)/b13-11-,19-17-,39-37-/t42-/m1/s1. The Morgan fingerprint density at radius 3 is 1.39 bits per heavy atom. The van der Waals surface area contributed by atoms with Gasteiger partial charge in [0.05, 0.1) is 12.9 Å². The van der Waals surface area contributed by atoms with E-state index in [1.165, 1.54) is 154 Å². The zero-order chi connectivity index (χ0) is 37.4. The van der Waals surface area contributed by atoms with Gasteiger partial charge in [0.2, 0.25) is 0 Å². The van der Waals surface area contributed by atoms with Crippen LogP contribution >= 0.6 is 7.82 Å². The summed E-state index contributed by atoms with van der Waals surface area (Å²) in [4.78, 5) is 30.6. The number of hydrogen-bond donors (Lipinski definition) is 2. The van der Waals surface area contributed by atoms with Gasteiger partial charge in [0.15, 0.2) is 6.10 Å². The first-order valence-corrected chi connectivity index (χ1v) is 22.9. The molecule has 0 fully saturated rings. The Morgan fingerprint density at radius 2 is 0.922 bits per heavy atom. The van der Waals surface area contributed by atoms with Crippen molar-refractivity contribution in [3.05, 3.63) is 36.6 Å². The fourth-order valence-electron chi connectivity index (χ4n) is 6.08. The molecule has 0 aromatic carbocycles. The Labute approximate surface area is 315 Å². The third-order valence-corrected chi connectivity index (χ3v) is 9.74. The van der Waals surface area contributed by atoms with Crippen LogP contribution in [0.25, 0.3) is 0 Å². The second-order valence-electron chi connectivity index (χ2n) is 14.4. The number of unbranched alkanes of at least 4 members (excludes halogenated alkanes) is 26. The molecule has 0 saturated carbocycles. The topological polar surface area (TPSA) is 102 Å². The van der Waals surface area contributed by atoms with Gasteiger partial charge in [-0.25, -0.2) is 4.57 Å². The van der Waals surface area contributed by atoms with Gasteiger partial charge in [0.1, 0.15) is 6.61 Å². The minimum atomic E-state index is -4.67. The van der Waals surface area contributed by atoms with Gasteiger partial charge in [-0.15, -0.1) is 0 Å². The van der Waals surface area contributed by atoms with Crippen LogP contribution in [-0.4, -0.2) is 35.1 Å². The van der Waals surface area contributed by atoms with E-state index in [9.17, 15) is 9.36 Å². The Hall–Kier alpha value is -1.40. The van der Waals surface area contributed by atoms with Crippen molar-refractivity contribution in [1.82, 2.24) is 0 Å². The Balaban J connectivity index is 3.83. The van der Waals surface area contributed by atoms with E-state index in [1.807, 2.05) is 6.08 Å². The second kappa shape index (κ2) is 39.8. The molecule has 0 aromatic heterocycles. The van der Waals surface area contributed by atoms with Crippen molar-refractivity contribution >= 4 is 13.8 Å². The summed E-state index contributed by atoms with van der Waals surface area (Å²) in [6.07, 6.45) is 49.4. The second-order valence-corrected chi connectivity index (χ2v) is 15.6. The molecule has 0 aliphatic carbocycles. The maximum absolute atomic E-state index is 12.4. The summed E-state index contributed by atoms with van der Waals surface area (Å²) in [5.74, 6) is -0.388. The molecule has 8 heteroatoms. The van der Waals surface area contributed by atoms with E-state index in [0.717, 1.165) is 38.5 Å². The fraction of sp³-hybridized carbons (Fsp3) is 0.837. The molecule has 0 heterocycles. The molecule has 2 N–H and O–H groups in total. The molecule has 0 saturated heterocycles. The van der Waals surface area contributed by atoms with Gasteiger partial charge >= 0.3 is 13.8 Å². The first-order valence-electron chi connectivity index (χ1n) is 21.3. The normalized spacial score (nSPS) is 12.9. The highest BCUT2D eigenvalue weighted by Gasteiger charge is 2.21. The van der Waals surface area contributed by atoms with Gasteiger partial charge in [0.25, 0.3) is 0 Å². The number of phosphoric acid groups is 1. The Morgan fingerprint density at radius 1 is 0.529 bits per heavy atom. The molecule has 51 heavy (non-hydrogen) atoms. The average Bonchev–Trinajstić information content (AvgIpc) is 3.10. The zero-order valence-electron chi connectivity index (χ0n) is 33.3. The van der Waals surface area contributed by atoms with Crippen molar-refractivity contribution in [2.75, 3.05) is 13.2 Å². The van der Waals surface area contributed by atoms with E-state index in [2.05, 4.69) is 42.7 Å². The minimum Gasteiger partial charge on any atom is -0.498 e. The summed E-state index contributed by atoms with van der Waals surface area (Å²) in [6.45, 7) is 4.10. The SMILES string of the molecule is CCCCC/C=C\C/C=C\CCCCCCCCCCCC(=O)O[C@H](CO/C=C\CCCCCCCCCCCCCCCC)COP(=O)(O)O. The highest BCUT2D eigenvalue weighted by atomic mass is 31.2. The smallest absolute Gasteiger partial charge is 0.469 e. The maximum atomic E-state index is 12.4. The third-order valence-electron chi connectivity index (χ3n) is 9.26. The lowest BCUT2D eigenvalue weighted by Gasteiger charge is -2.18. The number of hydrogen-bond acceptors (Lipinski definition) is 5. The first-order chi connectivity index (χ1) is 24.9. The molecule has 0 amide bonds. The molecule has 7 nitrogen and oxygen atoms in total. The van der Waals surface area contributed by atoms with Crippen LogP contribution in [0.4, 0.5) is 0 Å². The van der Waals surface area contributed by atoms with Crippen molar-refractivity contribution in [3.8, 4) is 0 Å². The molecule has 1 atom stereocenters. The molecule has 0 unspecified atom stereocenters. The molecule has 0 aromatic rings. The number of rotatable bonds is 40. The van der Waals surface area contributed by atoms with Crippen LogP contribution in [0.1, 0.15) is 213 Å². The summed E-state index contributed by atoms with van der Waals surface area (Å²) in [6, 6.07) is 0. The lowest BCUT2D eigenvalue weighted by molar-refractivity contribution is -0.153. The highest BCUT2D eigenvalue weighted by Crippen LogP contribution is 2.36. The van der Waals surface area contributed by atoms with Crippen LogP contribution in [0.5, 0.6) is 0 Å². The van der Waals surface area contributed by atoms with E-state index >= 15 is 0 Å². The van der Waals surface area contributed by atoms with Gasteiger partial charge in [-0.05, 0) is 57.4 Å². The third kappa shape index (κ3) is 42.9. The first kappa shape index (κ1) is 49.6. The summed E-state index contributed by atoms with van der Waals surface area (Å²) >= 11 is 0. The number of carbonyl (C=O) groups is 1. The largest absolute Gasteiger partial charge is 0.498 e. The fourth-order valence-corrected chi connectivity index (χ4v) is 6.45. The van der Waals surface area contributed by atoms with Crippen LogP contribution in [0.2, 0.25) is 0 Å². The Bertz CT molecular complexity index is 866. The van der Waals surface area contributed by atoms with Crippen LogP contribution in [0, 0.1) is 0 Å². The summed E-state index contributed by atoms with van der Waals surface area (Å²) in [5, 5.41) is 0. The van der Waals surface area contributed by atoms with E-state index in [0.29, 0.717) is 0 Å².